The number of aromatic nitrogens is 2. The number of hydrogen-bond acceptors (Lipinski definition) is 5. The average Bonchev–Trinajstić information content (AvgIpc) is 3.36. The number of H-pyrrole nitrogens is 1. The van der Waals surface area contributed by atoms with Crippen LogP contribution in [0.15, 0.2) is 96.1 Å². The number of nitrogens with one attached hydrogen (secondary N) is 2. The van der Waals surface area contributed by atoms with Crippen LogP contribution in [0.25, 0.3) is 11.3 Å². The van der Waals surface area contributed by atoms with Gasteiger partial charge in [0.05, 0.1) is 12.8 Å². The summed E-state index contributed by atoms with van der Waals surface area (Å²) in [6.07, 6.45) is 0. The Morgan fingerprint density at radius 3 is 2.12 bits per heavy atom. The fraction of sp³-hybridized carbons (Fsp3) is 0.0400. The molecule has 158 valence electrons. The minimum Gasteiger partial charge on any atom is -0.497 e. The van der Waals surface area contributed by atoms with Crippen LogP contribution in [0.1, 0.15) is 26.4 Å². The summed E-state index contributed by atoms with van der Waals surface area (Å²) in [6, 6.07) is 26.7. The van der Waals surface area contributed by atoms with Crippen molar-refractivity contribution in [2.75, 3.05) is 7.11 Å². The van der Waals surface area contributed by atoms with E-state index in [-0.39, 0.29) is 17.2 Å². The Morgan fingerprint density at radius 2 is 1.50 bits per heavy atom. The molecule has 0 aliphatic carbocycles. The first-order valence-electron chi connectivity index (χ1n) is 9.89. The van der Waals surface area contributed by atoms with Gasteiger partial charge < -0.3 is 4.74 Å². The van der Waals surface area contributed by atoms with Crippen molar-refractivity contribution < 1.29 is 14.3 Å². The molecule has 7 heteroatoms. The van der Waals surface area contributed by atoms with Gasteiger partial charge in [-0.15, -0.1) is 0 Å². The molecule has 0 aliphatic rings. The lowest BCUT2D eigenvalue weighted by atomic mass is 10.0. The number of Topliss-reactive ketones (excluding diaryl/α,β-unsaturated/α-hetero) is 1. The Morgan fingerprint density at radius 1 is 0.875 bits per heavy atom. The van der Waals surface area contributed by atoms with Crippen LogP contribution >= 0.6 is 0 Å². The molecule has 1 aromatic heterocycles. The molecule has 3 aromatic carbocycles. The molecule has 0 saturated carbocycles. The number of nitrogens with zero attached hydrogens (tertiary/aromatic N) is 2. The van der Waals surface area contributed by atoms with E-state index in [0.29, 0.717) is 16.8 Å². The Labute approximate surface area is 184 Å². The van der Waals surface area contributed by atoms with Gasteiger partial charge in [0.1, 0.15) is 17.2 Å². The second kappa shape index (κ2) is 9.53. The Balaban J connectivity index is 1.57. The molecule has 0 saturated heterocycles. The molecule has 0 bridgehead atoms. The molecule has 0 unspecified atom stereocenters. The number of ketones is 1. The highest BCUT2D eigenvalue weighted by molar-refractivity contribution is 6.51. The first-order chi connectivity index (χ1) is 15.7. The lowest BCUT2D eigenvalue weighted by Crippen LogP contribution is -2.24. The monoisotopic (exact) mass is 424 g/mol. The molecule has 1 amide bonds. The average molecular weight is 424 g/mol. The van der Waals surface area contributed by atoms with Gasteiger partial charge >= 0.3 is 0 Å². The predicted molar refractivity (Wildman–Crippen MR) is 122 cm³/mol. The maximum atomic E-state index is 13.0. The van der Waals surface area contributed by atoms with Gasteiger partial charge in [0.2, 0.25) is 5.78 Å². The third-order valence-electron chi connectivity index (χ3n) is 4.78. The molecular weight excluding hydrogens is 404 g/mol. The van der Waals surface area contributed by atoms with E-state index in [9.17, 15) is 9.59 Å². The van der Waals surface area contributed by atoms with E-state index in [2.05, 4.69) is 20.7 Å². The van der Waals surface area contributed by atoms with Crippen molar-refractivity contribution in [3.8, 4) is 17.0 Å². The van der Waals surface area contributed by atoms with Crippen molar-refractivity contribution in [2.24, 2.45) is 5.10 Å². The number of aromatic amines is 1. The fourth-order valence-corrected chi connectivity index (χ4v) is 3.08. The van der Waals surface area contributed by atoms with Gasteiger partial charge in [0, 0.05) is 16.7 Å². The van der Waals surface area contributed by atoms with Gasteiger partial charge in [-0.25, -0.2) is 5.43 Å². The zero-order valence-corrected chi connectivity index (χ0v) is 17.3. The number of methoxy groups -OCH3 is 1. The molecule has 0 aliphatic heterocycles. The molecule has 4 rings (SSSR count). The standard InChI is InChI=1S/C25H20N4O3/c1-32-20-14-12-17(13-15-20)21-16-22(27-26-21)25(31)29-28-23(18-8-4-2-5-9-18)24(30)19-10-6-3-7-11-19/h2-16H,1H3,(H,26,27)(H,29,31)/b28-23-. The highest BCUT2D eigenvalue weighted by atomic mass is 16.5. The van der Waals surface area contributed by atoms with Crippen molar-refractivity contribution in [3.63, 3.8) is 0 Å². The number of benzene rings is 3. The van der Waals surface area contributed by atoms with Crippen molar-refractivity contribution in [3.05, 3.63) is 108 Å². The number of amides is 1. The highest BCUT2D eigenvalue weighted by Crippen LogP contribution is 2.21. The Hall–Kier alpha value is -4.52. The zero-order chi connectivity index (χ0) is 22.3. The quantitative estimate of drug-likeness (QED) is 0.265. The largest absolute Gasteiger partial charge is 0.497 e. The summed E-state index contributed by atoms with van der Waals surface area (Å²) in [5.74, 6) is -0.0692. The molecule has 0 spiro atoms. The molecule has 0 radical (unpaired) electrons. The van der Waals surface area contributed by atoms with Gasteiger partial charge in [-0.3, -0.25) is 14.7 Å². The number of hydrogen-bond donors (Lipinski definition) is 2. The molecule has 0 fully saturated rings. The molecule has 0 atom stereocenters. The Bertz CT molecular complexity index is 1250. The maximum absolute atomic E-state index is 13.0. The molecule has 1 heterocycles. The summed E-state index contributed by atoms with van der Waals surface area (Å²) in [6.45, 7) is 0. The van der Waals surface area contributed by atoms with Crippen LogP contribution in [0.5, 0.6) is 5.75 Å². The van der Waals surface area contributed by atoms with Crippen molar-refractivity contribution in [1.82, 2.24) is 15.6 Å². The zero-order valence-electron chi connectivity index (χ0n) is 17.3. The maximum Gasteiger partial charge on any atom is 0.289 e. The molecule has 7 nitrogen and oxygen atoms in total. The number of hydrazone groups is 1. The van der Waals surface area contributed by atoms with Gasteiger partial charge in [0.15, 0.2) is 0 Å². The molecule has 4 aromatic rings. The topological polar surface area (TPSA) is 96.4 Å². The van der Waals surface area contributed by atoms with Gasteiger partial charge in [0.25, 0.3) is 5.91 Å². The van der Waals surface area contributed by atoms with E-state index in [1.165, 1.54) is 0 Å². The minimum atomic E-state index is -0.508. The summed E-state index contributed by atoms with van der Waals surface area (Å²) >= 11 is 0. The summed E-state index contributed by atoms with van der Waals surface area (Å²) in [7, 11) is 1.60. The summed E-state index contributed by atoms with van der Waals surface area (Å²) < 4.78 is 5.16. The van der Waals surface area contributed by atoms with E-state index in [0.717, 1.165) is 11.3 Å². The fourth-order valence-electron chi connectivity index (χ4n) is 3.08. The lowest BCUT2D eigenvalue weighted by molar-refractivity contribution is 0.0950. The normalized spacial score (nSPS) is 11.1. The number of carbonyl (C=O) groups is 2. The van der Waals surface area contributed by atoms with E-state index in [1.54, 1.807) is 61.7 Å². The third kappa shape index (κ3) is 4.62. The van der Waals surface area contributed by atoms with Gasteiger partial charge in [-0.2, -0.15) is 10.2 Å². The number of rotatable bonds is 7. The van der Waals surface area contributed by atoms with Gasteiger partial charge in [-0.1, -0.05) is 60.7 Å². The van der Waals surface area contributed by atoms with E-state index in [1.807, 2.05) is 36.4 Å². The molecular formula is C25H20N4O3. The minimum absolute atomic E-state index is 0.139. The first-order valence-corrected chi connectivity index (χ1v) is 9.89. The van der Waals surface area contributed by atoms with Crippen molar-refractivity contribution in [1.29, 1.82) is 0 Å². The van der Waals surface area contributed by atoms with Crippen LogP contribution in [0, 0.1) is 0 Å². The number of ether oxygens (including phenoxy) is 1. The Kier molecular flexibility index (Phi) is 6.17. The van der Waals surface area contributed by atoms with Crippen LogP contribution in [0.2, 0.25) is 0 Å². The van der Waals surface area contributed by atoms with Crippen molar-refractivity contribution >= 4 is 17.4 Å². The first kappa shape index (κ1) is 20.7. The summed E-state index contributed by atoms with van der Waals surface area (Å²) in [4.78, 5) is 25.7. The second-order valence-electron chi connectivity index (χ2n) is 6.86. The smallest absolute Gasteiger partial charge is 0.289 e. The molecule has 32 heavy (non-hydrogen) atoms. The summed E-state index contributed by atoms with van der Waals surface area (Å²) in [5.41, 5.74) is 5.34. The predicted octanol–water partition coefficient (Wildman–Crippen LogP) is 4.10. The molecule has 2 N–H and O–H groups in total. The van der Waals surface area contributed by atoms with Crippen LogP contribution in [0.4, 0.5) is 0 Å². The van der Waals surface area contributed by atoms with Crippen LogP contribution < -0.4 is 10.2 Å². The highest BCUT2D eigenvalue weighted by Gasteiger charge is 2.18. The van der Waals surface area contributed by atoms with Crippen molar-refractivity contribution in [2.45, 2.75) is 0 Å². The third-order valence-corrected chi connectivity index (χ3v) is 4.78. The lowest BCUT2D eigenvalue weighted by Gasteiger charge is -2.06. The van der Waals surface area contributed by atoms with Gasteiger partial charge in [-0.05, 0) is 30.3 Å². The van der Waals surface area contributed by atoms with E-state index >= 15 is 0 Å². The SMILES string of the molecule is COc1ccc(-c2cc(C(=O)N/N=C(\C(=O)c3ccccc3)c3ccccc3)[nH]n2)cc1. The number of carbonyl (C=O) groups excluding carboxylic acids is 2. The van der Waals surface area contributed by atoms with E-state index < -0.39 is 5.91 Å². The van der Waals surface area contributed by atoms with Crippen LogP contribution in [-0.4, -0.2) is 34.7 Å². The summed E-state index contributed by atoms with van der Waals surface area (Å²) in [5, 5.41) is 11.1. The van der Waals surface area contributed by atoms with Crippen LogP contribution in [-0.2, 0) is 0 Å². The van der Waals surface area contributed by atoms with E-state index in [4.69, 9.17) is 4.74 Å². The van der Waals surface area contributed by atoms with Crippen LogP contribution in [0.3, 0.4) is 0 Å². The second-order valence-corrected chi connectivity index (χ2v) is 6.86.